The normalized spacial score (nSPS) is 14.3. The fourth-order valence-electron chi connectivity index (χ4n) is 3.61. The number of anilines is 2. The molecule has 0 saturated carbocycles. The van der Waals surface area contributed by atoms with Gasteiger partial charge in [0.25, 0.3) is 11.8 Å². The second-order valence-corrected chi connectivity index (χ2v) is 8.23. The molecule has 0 spiro atoms. The molecule has 5 rings (SSSR count). The third kappa shape index (κ3) is 3.80. The van der Waals surface area contributed by atoms with E-state index in [4.69, 9.17) is 9.47 Å². The number of ether oxygens (including phenoxy) is 2. The number of imide groups is 1. The molecule has 0 bridgehead atoms. The smallest absolute Gasteiger partial charge is 0.266 e. The predicted molar refractivity (Wildman–Crippen MR) is 121 cm³/mol. The minimum absolute atomic E-state index is 0.191. The Balaban J connectivity index is 1.25. The Bertz CT molecular complexity index is 1210. The van der Waals surface area contributed by atoms with Gasteiger partial charge < -0.3 is 14.8 Å². The molecule has 3 amide bonds. The van der Waals surface area contributed by atoms with Crippen LogP contribution in [0.5, 0.6) is 11.5 Å². The van der Waals surface area contributed by atoms with E-state index in [0.29, 0.717) is 47.2 Å². The summed E-state index contributed by atoms with van der Waals surface area (Å²) < 4.78 is 11.1. The van der Waals surface area contributed by atoms with Gasteiger partial charge in [0.1, 0.15) is 13.2 Å². The van der Waals surface area contributed by atoms with Gasteiger partial charge >= 0.3 is 0 Å². The Kier molecular flexibility index (Phi) is 5.28. The van der Waals surface area contributed by atoms with Crippen molar-refractivity contribution in [1.82, 2.24) is 0 Å². The van der Waals surface area contributed by atoms with Crippen LogP contribution in [0.15, 0.2) is 71.6 Å². The second-order valence-electron chi connectivity index (χ2n) is 7.18. The van der Waals surface area contributed by atoms with Gasteiger partial charge in [-0.1, -0.05) is 18.2 Å². The van der Waals surface area contributed by atoms with Crippen LogP contribution in [0.4, 0.5) is 11.4 Å². The molecule has 0 aromatic heterocycles. The number of amides is 3. The topological polar surface area (TPSA) is 84.9 Å². The zero-order valence-electron chi connectivity index (χ0n) is 16.9. The summed E-state index contributed by atoms with van der Waals surface area (Å²) in [6.07, 6.45) is 0. The number of rotatable bonds is 5. The minimum atomic E-state index is -0.372. The average molecular weight is 446 g/mol. The predicted octanol–water partition coefficient (Wildman–Crippen LogP) is 3.99. The average Bonchev–Trinajstić information content (AvgIpc) is 3.08. The molecule has 3 aromatic rings. The van der Waals surface area contributed by atoms with E-state index >= 15 is 0 Å². The highest BCUT2D eigenvalue weighted by Crippen LogP contribution is 2.34. The Morgan fingerprint density at radius 3 is 2.34 bits per heavy atom. The van der Waals surface area contributed by atoms with Crippen molar-refractivity contribution in [2.75, 3.05) is 29.2 Å². The molecule has 8 heteroatoms. The molecule has 3 aromatic carbocycles. The first kappa shape index (κ1) is 20.1. The summed E-state index contributed by atoms with van der Waals surface area (Å²) in [7, 11) is 0. The highest BCUT2D eigenvalue weighted by atomic mass is 32.2. The van der Waals surface area contributed by atoms with Crippen LogP contribution in [0.2, 0.25) is 0 Å². The van der Waals surface area contributed by atoms with Crippen LogP contribution < -0.4 is 19.7 Å². The van der Waals surface area contributed by atoms with E-state index in [2.05, 4.69) is 5.32 Å². The van der Waals surface area contributed by atoms with Gasteiger partial charge in [-0.05, 0) is 48.5 Å². The number of nitrogens with one attached hydrogen (secondary N) is 1. The molecule has 1 N–H and O–H groups in total. The van der Waals surface area contributed by atoms with Crippen LogP contribution in [-0.2, 0) is 4.79 Å². The molecule has 0 fully saturated rings. The highest BCUT2D eigenvalue weighted by Gasteiger charge is 2.36. The summed E-state index contributed by atoms with van der Waals surface area (Å²) in [5.41, 5.74) is 1.67. The Labute approximate surface area is 188 Å². The lowest BCUT2D eigenvalue weighted by Gasteiger charge is -2.18. The van der Waals surface area contributed by atoms with Gasteiger partial charge in [-0.15, -0.1) is 11.8 Å². The molecule has 2 aliphatic heterocycles. The van der Waals surface area contributed by atoms with E-state index < -0.39 is 0 Å². The number of benzene rings is 3. The fourth-order valence-corrected chi connectivity index (χ4v) is 4.33. The van der Waals surface area contributed by atoms with Crippen LogP contribution in [0.25, 0.3) is 0 Å². The van der Waals surface area contributed by atoms with E-state index in [1.807, 2.05) is 18.2 Å². The molecule has 0 saturated heterocycles. The third-order valence-electron chi connectivity index (χ3n) is 5.07. The molecule has 2 heterocycles. The Morgan fingerprint density at radius 1 is 0.875 bits per heavy atom. The molecule has 0 unspecified atom stereocenters. The number of carbonyl (C=O) groups excluding carboxylic acids is 3. The summed E-state index contributed by atoms with van der Waals surface area (Å²) >= 11 is 1.38. The quantitative estimate of drug-likeness (QED) is 0.471. The van der Waals surface area contributed by atoms with Crippen LogP contribution >= 0.6 is 11.8 Å². The first-order valence-corrected chi connectivity index (χ1v) is 11.0. The lowest BCUT2D eigenvalue weighted by Crippen LogP contribution is -2.29. The standard InChI is InChI=1S/C24H18N2O5S/c27-22(14-32-17-8-9-20-21(13-17)31-11-10-30-20)25-15-4-3-5-16(12-15)26-23(28)18-6-1-2-7-19(18)24(26)29/h1-9,12-13H,10-11,14H2,(H,25,27). The number of nitrogens with zero attached hydrogens (tertiary/aromatic N) is 1. The van der Waals surface area contributed by atoms with Gasteiger partial charge in [0, 0.05) is 10.6 Å². The molecule has 2 aliphatic rings. The monoisotopic (exact) mass is 446 g/mol. The van der Waals surface area contributed by atoms with Crippen molar-refractivity contribution < 1.29 is 23.9 Å². The molecule has 160 valence electrons. The second kappa shape index (κ2) is 8.39. The first-order chi connectivity index (χ1) is 15.6. The molecule has 7 nitrogen and oxygen atoms in total. The molecule has 32 heavy (non-hydrogen) atoms. The lowest BCUT2D eigenvalue weighted by atomic mass is 10.1. The number of thioether (sulfide) groups is 1. The molecular weight excluding hydrogens is 428 g/mol. The number of carbonyl (C=O) groups is 3. The summed E-state index contributed by atoms with van der Waals surface area (Å²) in [5.74, 6) is 0.623. The van der Waals surface area contributed by atoms with Crippen molar-refractivity contribution in [3.8, 4) is 11.5 Å². The summed E-state index contributed by atoms with van der Waals surface area (Å²) in [6, 6.07) is 19.0. The summed E-state index contributed by atoms with van der Waals surface area (Å²) in [4.78, 5) is 39.9. The highest BCUT2D eigenvalue weighted by molar-refractivity contribution is 8.00. The van der Waals surface area contributed by atoms with Gasteiger partial charge in [0.15, 0.2) is 11.5 Å². The van der Waals surface area contributed by atoms with Gasteiger partial charge in [-0.25, -0.2) is 4.90 Å². The third-order valence-corrected chi connectivity index (χ3v) is 6.06. The van der Waals surface area contributed by atoms with Crippen LogP contribution in [-0.4, -0.2) is 36.7 Å². The van der Waals surface area contributed by atoms with Crippen molar-refractivity contribution in [2.45, 2.75) is 4.90 Å². The lowest BCUT2D eigenvalue weighted by molar-refractivity contribution is -0.113. The van der Waals surface area contributed by atoms with Gasteiger partial charge in [-0.2, -0.15) is 0 Å². The fraction of sp³-hybridized carbons (Fsp3) is 0.125. The van der Waals surface area contributed by atoms with Crippen molar-refractivity contribution in [3.63, 3.8) is 0 Å². The molecule has 0 aliphatic carbocycles. The van der Waals surface area contributed by atoms with E-state index in [9.17, 15) is 14.4 Å². The minimum Gasteiger partial charge on any atom is -0.486 e. The Hall–Kier alpha value is -3.78. The van der Waals surface area contributed by atoms with Gasteiger partial charge in [0.05, 0.1) is 22.6 Å². The van der Waals surface area contributed by atoms with Crippen molar-refractivity contribution in [2.24, 2.45) is 0 Å². The van der Waals surface area contributed by atoms with Gasteiger partial charge in [0.2, 0.25) is 5.91 Å². The SMILES string of the molecule is O=C(CSc1ccc2c(c1)OCCO2)Nc1cccc(N2C(=O)c3ccccc3C2=O)c1. The van der Waals surface area contributed by atoms with Crippen molar-refractivity contribution >= 4 is 40.9 Å². The van der Waals surface area contributed by atoms with E-state index in [1.54, 1.807) is 48.5 Å². The molecule has 0 radical (unpaired) electrons. The van der Waals surface area contributed by atoms with Crippen LogP contribution in [0, 0.1) is 0 Å². The maximum atomic E-state index is 12.7. The van der Waals surface area contributed by atoms with E-state index in [0.717, 1.165) is 9.80 Å². The largest absolute Gasteiger partial charge is 0.486 e. The summed E-state index contributed by atoms with van der Waals surface area (Å²) in [5, 5.41) is 2.82. The van der Waals surface area contributed by atoms with Crippen LogP contribution in [0.1, 0.15) is 20.7 Å². The maximum Gasteiger partial charge on any atom is 0.266 e. The zero-order valence-corrected chi connectivity index (χ0v) is 17.7. The van der Waals surface area contributed by atoms with Crippen LogP contribution in [0.3, 0.4) is 0 Å². The molecule has 0 atom stereocenters. The number of hydrogen-bond donors (Lipinski definition) is 1. The van der Waals surface area contributed by atoms with Crippen molar-refractivity contribution in [1.29, 1.82) is 0 Å². The zero-order chi connectivity index (χ0) is 22.1. The van der Waals surface area contributed by atoms with E-state index in [1.165, 1.54) is 11.8 Å². The Morgan fingerprint density at radius 2 is 1.59 bits per heavy atom. The summed E-state index contributed by atoms with van der Waals surface area (Å²) in [6.45, 7) is 1.03. The molecular formula is C24H18N2O5S. The first-order valence-electron chi connectivity index (χ1n) is 10.0. The van der Waals surface area contributed by atoms with E-state index in [-0.39, 0.29) is 23.5 Å². The van der Waals surface area contributed by atoms with Gasteiger partial charge in [-0.3, -0.25) is 14.4 Å². The number of hydrogen-bond acceptors (Lipinski definition) is 6. The van der Waals surface area contributed by atoms with Crippen molar-refractivity contribution in [3.05, 3.63) is 77.9 Å². The maximum absolute atomic E-state index is 12.7. The number of fused-ring (bicyclic) bond motifs is 2.